The molecule has 0 amide bonds. The fourth-order valence-corrected chi connectivity index (χ4v) is 3.63. The molecule has 8 heteroatoms. The van der Waals surface area contributed by atoms with Crippen LogP contribution < -0.4 is 19.9 Å². The van der Waals surface area contributed by atoms with Gasteiger partial charge in [0.05, 0.1) is 11.4 Å². The molecular formula is C13H11BrN2O4S. The summed E-state index contributed by atoms with van der Waals surface area (Å²) in [5, 5.41) is 0. The number of nitrogen functional groups attached to an aromatic ring is 1. The molecule has 0 saturated carbocycles. The summed E-state index contributed by atoms with van der Waals surface area (Å²) in [6, 6.07) is 9.45. The normalized spacial score (nSPS) is 13.2. The van der Waals surface area contributed by atoms with Gasteiger partial charge in [0.15, 0.2) is 11.5 Å². The van der Waals surface area contributed by atoms with Crippen LogP contribution in [0, 0.1) is 0 Å². The molecule has 2 aromatic carbocycles. The number of hydrogen-bond donors (Lipinski definition) is 2. The van der Waals surface area contributed by atoms with Gasteiger partial charge in [0.1, 0.15) is 4.90 Å². The van der Waals surface area contributed by atoms with E-state index < -0.39 is 10.0 Å². The largest absolute Gasteiger partial charge is 0.454 e. The molecule has 0 fully saturated rings. The minimum absolute atomic E-state index is 0.00884. The molecule has 0 unspecified atom stereocenters. The van der Waals surface area contributed by atoms with Crippen LogP contribution in [0.2, 0.25) is 0 Å². The van der Waals surface area contributed by atoms with Crippen LogP contribution in [-0.4, -0.2) is 15.2 Å². The highest BCUT2D eigenvalue weighted by Crippen LogP contribution is 2.35. The molecule has 0 atom stereocenters. The highest BCUT2D eigenvalue weighted by Gasteiger charge is 2.20. The monoisotopic (exact) mass is 370 g/mol. The summed E-state index contributed by atoms with van der Waals surface area (Å²) >= 11 is 3.23. The van der Waals surface area contributed by atoms with Crippen molar-refractivity contribution in [1.29, 1.82) is 0 Å². The lowest BCUT2D eigenvalue weighted by Gasteiger charge is -2.11. The second-order valence-corrected chi connectivity index (χ2v) is 6.92. The van der Waals surface area contributed by atoms with E-state index in [2.05, 4.69) is 20.7 Å². The molecule has 3 rings (SSSR count). The van der Waals surface area contributed by atoms with Crippen molar-refractivity contribution in [3.05, 3.63) is 40.9 Å². The fourth-order valence-electron chi connectivity index (χ4n) is 1.91. The van der Waals surface area contributed by atoms with Crippen molar-refractivity contribution < 1.29 is 17.9 Å². The first kappa shape index (κ1) is 14.0. The van der Waals surface area contributed by atoms with Crippen LogP contribution in [0.3, 0.4) is 0 Å². The van der Waals surface area contributed by atoms with Crippen molar-refractivity contribution in [3.63, 3.8) is 0 Å². The number of hydrogen-bond acceptors (Lipinski definition) is 5. The Labute approximate surface area is 130 Å². The van der Waals surface area contributed by atoms with E-state index in [4.69, 9.17) is 15.2 Å². The third-order valence-electron chi connectivity index (χ3n) is 2.89. The molecule has 21 heavy (non-hydrogen) atoms. The van der Waals surface area contributed by atoms with Gasteiger partial charge in [0, 0.05) is 10.5 Å². The highest BCUT2D eigenvalue weighted by atomic mass is 79.9. The van der Waals surface area contributed by atoms with Gasteiger partial charge in [0.25, 0.3) is 10.0 Å². The molecule has 6 nitrogen and oxygen atoms in total. The van der Waals surface area contributed by atoms with Gasteiger partial charge in [-0.05, 0) is 30.3 Å². The summed E-state index contributed by atoms with van der Waals surface area (Å²) in [6.45, 7) is 0.129. The van der Waals surface area contributed by atoms with E-state index in [1.807, 2.05) is 0 Å². The molecule has 1 aliphatic heterocycles. The number of nitrogens with two attached hydrogens (primary N) is 1. The van der Waals surface area contributed by atoms with Gasteiger partial charge in [0.2, 0.25) is 6.79 Å². The van der Waals surface area contributed by atoms with Crippen molar-refractivity contribution >= 4 is 37.3 Å². The fraction of sp³-hybridized carbons (Fsp3) is 0.0769. The number of sulfonamides is 1. The number of rotatable bonds is 3. The van der Waals surface area contributed by atoms with E-state index in [0.29, 0.717) is 21.7 Å². The maximum atomic E-state index is 12.4. The third-order valence-corrected chi connectivity index (χ3v) is 4.82. The molecule has 0 radical (unpaired) electrons. The van der Waals surface area contributed by atoms with E-state index >= 15 is 0 Å². The SMILES string of the molecule is Nc1ccc(Br)cc1S(=O)(=O)Nc1ccc2c(c1)OCO2. The summed E-state index contributed by atoms with van der Waals surface area (Å²) in [6.07, 6.45) is 0. The number of halogens is 1. The topological polar surface area (TPSA) is 90.7 Å². The van der Waals surface area contributed by atoms with E-state index in [-0.39, 0.29) is 17.4 Å². The molecule has 0 bridgehead atoms. The van der Waals surface area contributed by atoms with Gasteiger partial charge in [-0.15, -0.1) is 0 Å². The van der Waals surface area contributed by atoms with Crippen LogP contribution >= 0.6 is 15.9 Å². The Morgan fingerprint density at radius 2 is 1.86 bits per heavy atom. The minimum atomic E-state index is -3.79. The first-order valence-corrected chi connectivity index (χ1v) is 8.21. The van der Waals surface area contributed by atoms with Crippen LogP contribution in [0.4, 0.5) is 11.4 Å². The number of nitrogens with one attached hydrogen (secondary N) is 1. The average Bonchev–Trinajstić information content (AvgIpc) is 2.88. The standard InChI is InChI=1S/C13H11BrN2O4S/c14-8-1-3-10(15)13(5-8)21(17,18)16-9-2-4-11-12(6-9)20-7-19-11/h1-6,16H,7,15H2. The summed E-state index contributed by atoms with van der Waals surface area (Å²) in [4.78, 5) is 0.00884. The lowest BCUT2D eigenvalue weighted by molar-refractivity contribution is 0.174. The van der Waals surface area contributed by atoms with Gasteiger partial charge in [-0.3, -0.25) is 4.72 Å². The zero-order valence-corrected chi connectivity index (χ0v) is 13.1. The van der Waals surface area contributed by atoms with Gasteiger partial charge >= 0.3 is 0 Å². The molecular weight excluding hydrogens is 360 g/mol. The Morgan fingerprint density at radius 1 is 1.10 bits per heavy atom. The van der Waals surface area contributed by atoms with Gasteiger partial charge < -0.3 is 15.2 Å². The van der Waals surface area contributed by atoms with Crippen LogP contribution in [-0.2, 0) is 10.0 Å². The van der Waals surface area contributed by atoms with E-state index in [1.165, 1.54) is 12.1 Å². The van der Waals surface area contributed by atoms with Crippen molar-refractivity contribution in [2.75, 3.05) is 17.2 Å². The predicted molar refractivity (Wildman–Crippen MR) is 81.9 cm³/mol. The quantitative estimate of drug-likeness (QED) is 0.810. The van der Waals surface area contributed by atoms with Crippen LogP contribution in [0.5, 0.6) is 11.5 Å². The molecule has 1 aliphatic rings. The van der Waals surface area contributed by atoms with Crippen LogP contribution in [0.15, 0.2) is 45.8 Å². The Bertz CT molecular complexity index is 808. The summed E-state index contributed by atoms with van der Waals surface area (Å²) in [5.41, 5.74) is 6.28. The predicted octanol–water partition coefficient (Wildman–Crippen LogP) is 2.56. The molecule has 0 spiro atoms. The van der Waals surface area contributed by atoms with Gasteiger partial charge in [-0.1, -0.05) is 15.9 Å². The molecule has 110 valence electrons. The maximum Gasteiger partial charge on any atom is 0.263 e. The Hall–Kier alpha value is -1.93. The molecule has 0 aromatic heterocycles. The summed E-state index contributed by atoms with van der Waals surface area (Å²) in [5.74, 6) is 1.08. The first-order chi connectivity index (χ1) is 9.95. The van der Waals surface area contributed by atoms with Gasteiger partial charge in [-0.2, -0.15) is 0 Å². The first-order valence-electron chi connectivity index (χ1n) is 5.93. The second-order valence-electron chi connectivity index (χ2n) is 4.36. The minimum Gasteiger partial charge on any atom is -0.454 e. The van der Waals surface area contributed by atoms with Crippen molar-refractivity contribution in [3.8, 4) is 11.5 Å². The number of fused-ring (bicyclic) bond motifs is 1. The number of ether oxygens (including phenoxy) is 2. The highest BCUT2D eigenvalue weighted by molar-refractivity contribution is 9.10. The Kier molecular flexibility index (Phi) is 3.42. The van der Waals surface area contributed by atoms with Crippen LogP contribution in [0.1, 0.15) is 0 Å². The van der Waals surface area contributed by atoms with E-state index in [9.17, 15) is 8.42 Å². The Balaban J connectivity index is 1.94. The molecule has 0 aliphatic carbocycles. The van der Waals surface area contributed by atoms with E-state index in [0.717, 1.165) is 0 Å². The van der Waals surface area contributed by atoms with Crippen LogP contribution in [0.25, 0.3) is 0 Å². The number of anilines is 2. The smallest absolute Gasteiger partial charge is 0.263 e. The summed E-state index contributed by atoms with van der Waals surface area (Å²) < 4.78 is 38.3. The van der Waals surface area contributed by atoms with Crippen molar-refractivity contribution in [1.82, 2.24) is 0 Å². The van der Waals surface area contributed by atoms with Crippen molar-refractivity contribution in [2.45, 2.75) is 4.90 Å². The molecule has 2 aromatic rings. The van der Waals surface area contributed by atoms with Gasteiger partial charge in [-0.25, -0.2) is 8.42 Å². The maximum absolute atomic E-state index is 12.4. The zero-order chi connectivity index (χ0) is 15.0. The summed E-state index contributed by atoms with van der Waals surface area (Å²) in [7, 11) is -3.79. The Morgan fingerprint density at radius 3 is 2.67 bits per heavy atom. The lowest BCUT2D eigenvalue weighted by Crippen LogP contribution is -2.14. The lowest BCUT2D eigenvalue weighted by atomic mass is 10.3. The van der Waals surface area contributed by atoms with E-state index in [1.54, 1.807) is 24.3 Å². The molecule has 1 heterocycles. The number of benzene rings is 2. The average molecular weight is 371 g/mol. The third kappa shape index (κ3) is 2.77. The zero-order valence-electron chi connectivity index (χ0n) is 10.7. The second kappa shape index (κ2) is 5.12. The molecule has 3 N–H and O–H groups in total. The molecule has 0 saturated heterocycles. The van der Waals surface area contributed by atoms with Crippen molar-refractivity contribution in [2.24, 2.45) is 0 Å².